The SMILES string of the molecule is COC(OC)C(C)N=C(N)Nc1nc(-c2ccccc2Oc2ccc(C)cc2C)cs1. The highest BCUT2D eigenvalue weighted by Gasteiger charge is 2.16. The largest absolute Gasteiger partial charge is 0.456 e. The molecular formula is C23H28N4O3S. The first-order valence-electron chi connectivity index (χ1n) is 9.87. The molecule has 7 nitrogen and oxygen atoms in total. The van der Waals surface area contributed by atoms with Gasteiger partial charge in [0.05, 0.1) is 5.69 Å². The van der Waals surface area contributed by atoms with Crippen molar-refractivity contribution >= 4 is 22.4 Å². The van der Waals surface area contributed by atoms with Gasteiger partial charge in [-0.05, 0) is 44.5 Å². The van der Waals surface area contributed by atoms with Crippen LogP contribution < -0.4 is 15.8 Å². The van der Waals surface area contributed by atoms with Crippen molar-refractivity contribution in [2.75, 3.05) is 19.5 Å². The molecule has 0 saturated heterocycles. The molecule has 1 aromatic heterocycles. The Morgan fingerprint density at radius 3 is 2.55 bits per heavy atom. The average Bonchev–Trinajstić information content (AvgIpc) is 3.19. The van der Waals surface area contributed by atoms with Gasteiger partial charge >= 0.3 is 0 Å². The predicted octanol–water partition coefficient (Wildman–Crippen LogP) is 4.95. The smallest absolute Gasteiger partial charge is 0.195 e. The van der Waals surface area contributed by atoms with Gasteiger partial charge in [-0.2, -0.15) is 0 Å². The molecule has 0 aliphatic heterocycles. The van der Waals surface area contributed by atoms with E-state index in [-0.39, 0.29) is 12.0 Å². The monoisotopic (exact) mass is 440 g/mol. The first-order chi connectivity index (χ1) is 14.9. The van der Waals surface area contributed by atoms with E-state index in [0.29, 0.717) is 5.13 Å². The molecule has 0 fully saturated rings. The molecule has 31 heavy (non-hydrogen) atoms. The van der Waals surface area contributed by atoms with Gasteiger partial charge in [-0.1, -0.05) is 29.8 Å². The summed E-state index contributed by atoms with van der Waals surface area (Å²) in [4.78, 5) is 9.02. The van der Waals surface area contributed by atoms with E-state index >= 15 is 0 Å². The van der Waals surface area contributed by atoms with Crippen LogP contribution in [0.4, 0.5) is 5.13 Å². The van der Waals surface area contributed by atoms with Crippen molar-refractivity contribution in [3.05, 3.63) is 59.0 Å². The van der Waals surface area contributed by atoms with E-state index in [2.05, 4.69) is 28.3 Å². The van der Waals surface area contributed by atoms with E-state index in [1.807, 2.05) is 55.6 Å². The Hall–Kier alpha value is -2.94. The second-order valence-corrected chi connectivity index (χ2v) is 7.98. The highest BCUT2D eigenvalue weighted by Crippen LogP contribution is 2.35. The zero-order chi connectivity index (χ0) is 22.4. The van der Waals surface area contributed by atoms with E-state index in [4.69, 9.17) is 19.9 Å². The molecule has 3 aromatic rings. The summed E-state index contributed by atoms with van der Waals surface area (Å²) >= 11 is 1.44. The maximum atomic E-state index is 6.21. The number of anilines is 1. The van der Waals surface area contributed by atoms with Gasteiger partial charge in [-0.25, -0.2) is 9.98 Å². The number of methoxy groups -OCH3 is 2. The van der Waals surface area contributed by atoms with Crippen LogP contribution in [-0.2, 0) is 9.47 Å². The summed E-state index contributed by atoms with van der Waals surface area (Å²) < 4.78 is 16.6. The number of aromatic nitrogens is 1. The number of nitrogens with zero attached hydrogens (tertiary/aromatic N) is 2. The summed E-state index contributed by atoms with van der Waals surface area (Å²) in [6, 6.07) is 13.7. The Bertz CT molecular complexity index is 1050. The average molecular weight is 441 g/mol. The molecule has 0 aliphatic carbocycles. The minimum atomic E-state index is -0.471. The minimum absolute atomic E-state index is 0.243. The third-order valence-electron chi connectivity index (χ3n) is 4.65. The summed E-state index contributed by atoms with van der Waals surface area (Å²) in [6.45, 7) is 5.96. The molecule has 0 saturated carbocycles. The van der Waals surface area contributed by atoms with Crippen LogP contribution in [0.15, 0.2) is 52.8 Å². The fourth-order valence-corrected chi connectivity index (χ4v) is 3.88. The first kappa shape index (κ1) is 22.7. The van der Waals surface area contributed by atoms with Crippen molar-refractivity contribution in [1.29, 1.82) is 0 Å². The number of rotatable bonds is 8. The minimum Gasteiger partial charge on any atom is -0.456 e. The normalized spacial score (nSPS) is 12.8. The number of guanidine groups is 1. The lowest BCUT2D eigenvalue weighted by Crippen LogP contribution is -2.31. The topological polar surface area (TPSA) is 91.0 Å². The van der Waals surface area contributed by atoms with Crippen molar-refractivity contribution in [3.8, 4) is 22.8 Å². The Labute approximate surface area is 186 Å². The fourth-order valence-electron chi connectivity index (χ4n) is 3.17. The standard InChI is InChI=1S/C23H28N4O3S/c1-14-10-11-19(15(2)12-14)30-20-9-7-6-8-17(20)18-13-31-23(26-18)27-22(24)25-16(3)21(28-4)29-5/h6-13,16,21H,1-5H3,(H3,24,25,26,27). The van der Waals surface area contributed by atoms with Crippen LogP contribution in [0.1, 0.15) is 18.1 Å². The van der Waals surface area contributed by atoms with Gasteiger partial charge in [-0.15, -0.1) is 11.3 Å². The van der Waals surface area contributed by atoms with Crippen molar-refractivity contribution in [2.45, 2.75) is 33.1 Å². The highest BCUT2D eigenvalue weighted by atomic mass is 32.1. The molecule has 1 unspecified atom stereocenters. The lowest BCUT2D eigenvalue weighted by molar-refractivity contribution is -0.112. The summed E-state index contributed by atoms with van der Waals surface area (Å²) in [6.07, 6.45) is -0.471. The molecule has 3 rings (SSSR count). The first-order valence-corrected chi connectivity index (χ1v) is 10.7. The summed E-state index contributed by atoms with van der Waals surface area (Å²) in [5.41, 5.74) is 10.0. The van der Waals surface area contributed by atoms with E-state index in [1.165, 1.54) is 16.9 Å². The second kappa shape index (κ2) is 10.4. The number of nitrogens with two attached hydrogens (primary N) is 1. The van der Waals surface area contributed by atoms with Gasteiger partial charge in [0.25, 0.3) is 0 Å². The molecular weight excluding hydrogens is 412 g/mol. The summed E-state index contributed by atoms with van der Waals surface area (Å²) in [7, 11) is 3.13. The molecule has 0 spiro atoms. The van der Waals surface area contributed by atoms with Crippen LogP contribution in [0, 0.1) is 13.8 Å². The third kappa shape index (κ3) is 5.81. The number of hydrogen-bond donors (Lipinski definition) is 2. The van der Waals surface area contributed by atoms with Gasteiger partial charge < -0.3 is 25.3 Å². The van der Waals surface area contributed by atoms with Crippen molar-refractivity contribution < 1.29 is 14.2 Å². The molecule has 0 bridgehead atoms. The number of aliphatic imine (C=N–C) groups is 1. The van der Waals surface area contributed by atoms with Gasteiger partial charge in [0.15, 0.2) is 17.4 Å². The van der Waals surface area contributed by atoms with Gasteiger partial charge in [0.1, 0.15) is 17.5 Å². The Morgan fingerprint density at radius 1 is 1.10 bits per heavy atom. The lowest BCUT2D eigenvalue weighted by atomic mass is 10.1. The van der Waals surface area contributed by atoms with Gasteiger partial charge in [0, 0.05) is 25.2 Å². The van der Waals surface area contributed by atoms with Crippen LogP contribution in [0.2, 0.25) is 0 Å². The number of aryl methyl sites for hydroxylation is 2. The van der Waals surface area contributed by atoms with E-state index in [1.54, 1.807) is 14.2 Å². The van der Waals surface area contributed by atoms with Crippen LogP contribution >= 0.6 is 11.3 Å². The Morgan fingerprint density at radius 2 is 1.84 bits per heavy atom. The predicted molar refractivity (Wildman–Crippen MR) is 126 cm³/mol. The maximum absolute atomic E-state index is 6.21. The van der Waals surface area contributed by atoms with Crippen molar-refractivity contribution in [3.63, 3.8) is 0 Å². The van der Waals surface area contributed by atoms with Crippen molar-refractivity contribution in [1.82, 2.24) is 4.98 Å². The zero-order valence-corrected chi connectivity index (χ0v) is 19.2. The van der Waals surface area contributed by atoms with Crippen LogP contribution in [0.25, 0.3) is 11.3 Å². The molecule has 8 heteroatoms. The van der Waals surface area contributed by atoms with Gasteiger partial charge in [-0.3, -0.25) is 0 Å². The molecule has 2 aromatic carbocycles. The van der Waals surface area contributed by atoms with Gasteiger partial charge in [0.2, 0.25) is 0 Å². The zero-order valence-electron chi connectivity index (χ0n) is 18.4. The molecule has 3 N–H and O–H groups in total. The molecule has 1 heterocycles. The molecule has 0 amide bonds. The van der Waals surface area contributed by atoms with E-state index in [0.717, 1.165) is 28.3 Å². The van der Waals surface area contributed by atoms with Crippen LogP contribution in [0.3, 0.4) is 0 Å². The quantitative estimate of drug-likeness (QED) is 0.292. The van der Waals surface area contributed by atoms with Crippen LogP contribution in [-0.4, -0.2) is 37.5 Å². The van der Waals surface area contributed by atoms with Crippen molar-refractivity contribution in [2.24, 2.45) is 10.7 Å². The Balaban J connectivity index is 1.78. The molecule has 164 valence electrons. The molecule has 0 radical (unpaired) electrons. The Kier molecular flexibility index (Phi) is 7.62. The molecule has 0 aliphatic rings. The van der Waals surface area contributed by atoms with E-state index in [9.17, 15) is 0 Å². The third-order valence-corrected chi connectivity index (χ3v) is 5.41. The lowest BCUT2D eigenvalue weighted by Gasteiger charge is -2.18. The number of hydrogen-bond acceptors (Lipinski definition) is 6. The molecule has 1 atom stereocenters. The number of ether oxygens (including phenoxy) is 3. The van der Waals surface area contributed by atoms with Crippen LogP contribution in [0.5, 0.6) is 11.5 Å². The van der Waals surface area contributed by atoms with E-state index < -0.39 is 6.29 Å². The highest BCUT2D eigenvalue weighted by molar-refractivity contribution is 7.14. The maximum Gasteiger partial charge on any atom is 0.195 e. The fraction of sp³-hybridized carbons (Fsp3) is 0.304. The summed E-state index contributed by atoms with van der Waals surface area (Å²) in [5.74, 6) is 1.81. The number of nitrogens with one attached hydrogen (secondary N) is 1. The number of thiazole rings is 1. The number of para-hydroxylation sites is 1. The number of benzene rings is 2. The second-order valence-electron chi connectivity index (χ2n) is 7.12. The summed E-state index contributed by atoms with van der Waals surface area (Å²) in [5, 5.41) is 5.62.